The molecule has 2 heterocycles. The highest BCUT2D eigenvalue weighted by Gasteiger charge is 2.19. The maximum absolute atomic E-state index is 13.0. The van der Waals surface area contributed by atoms with Crippen molar-refractivity contribution in [3.8, 4) is 17.1 Å². The van der Waals surface area contributed by atoms with Crippen LogP contribution in [0, 0.1) is 13.8 Å². The topological polar surface area (TPSA) is 88.5 Å². The summed E-state index contributed by atoms with van der Waals surface area (Å²) >= 11 is 0. The van der Waals surface area contributed by atoms with Gasteiger partial charge in [0.25, 0.3) is 5.91 Å². The molecule has 0 saturated heterocycles. The first kappa shape index (κ1) is 18.7. The smallest absolute Gasteiger partial charge is 0.278 e. The van der Waals surface area contributed by atoms with Gasteiger partial charge in [-0.05, 0) is 50.2 Å². The molecule has 0 spiro atoms. The Morgan fingerprint density at radius 1 is 0.935 bits per heavy atom. The zero-order chi connectivity index (χ0) is 21.4. The lowest BCUT2D eigenvalue weighted by Crippen LogP contribution is -2.15. The van der Waals surface area contributed by atoms with Crippen LogP contribution in [0.3, 0.4) is 0 Å². The summed E-state index contributed by atoms with van der Waals surface area (Å²) in [5.74, 6) is 0.372. The predicted octanol–water partition coefficient (Wildman–Crippen LogP) is 4.68. The monoisotopic (exact) mass is 408 g/mol. The third kappa shape index (κ3) is 3.46. The quantitative estimate of drug-likeness (QED) is 0.452. The van der Waals surface area contributed by atoms with E-state index in [1.807, 2.05) is 86.6 Å². The van der Waals surface area contributed by atoms with Crippen LogP contribution in [-0.4, -0.2) is 30.9 Å². The largest absolute Gasteiger partial charge is 0.338 e. The summed E-state index contributed by atoms with van der Waals surface area (Å²) in [5, 5.41) is 11.3. The number of imidazole rings is 1. The highest BCUT2D eigenvalue weighted by atomic mass is 16.2. The summed E-state index contributed by atoms with van der Waals surface area (Å²) < 4.78 is 1.67. The van der Waals surface area contributed by atoms with Gasteiger partial charge in [-0.25, -0.2) is 9.67 Å². The van der Waals surface area contributed by atoms with E-state index in [-0.39, 0.29) is 11.6 Å². The summed E-state index contributed by atoms with van der Waals surface area (Å²) in [6.07, 6.45) is 0. The number of carbonyl (C=O) groups is 1. The van der Waals surface area contributed by atoms with Crippen molar-refractivity contribution in [1.29, 1.82) is 0 Å². The molecule has 0 fully saturated rings. The van der Waals surface area contributed by atoms with Gasteiger partial charge in [-0.3, -0.25) is 4.79 Å². The second kappa shape index (κ2) is 7.53. The van der Waals surface area contributed by atoms with Gasteiger partial charge < -0.3 is 10.3 Å². The van der Waals surface area contributed by atoms with E-state index in [0.29, 0.717) is 17.2 Å². The SMILES string of the molecule is Cc1ccc(-n2nnc(C(=O)Nc3ccccc3-c3nc4ccccc4[nH]3)c2C)cc1. The molecule has 2 N–H and O–H groups in total. The minimum Gasteiger partial charge on any atom is -0.338 e. The lowest BCUT2D eigenvalue weighted by molar-refractivity contribution is 0.102. The molecule has 0 saturated carbocycles. The van der Waals surface area contributed by atoms with Crippen LogP contribution in [0.15, 0.2) is 72.8 Å². The van der Waals surface area contributed by atoms with E-state index in [1.165, 1.54) is 0 Å². The van der Waals surface area contributed by atoms with Gasteiger partial charge in [0.1, 0.15) is 5.82 Å². The molecule has 5 aromatic rings. The molecular formula is C24H20N6O. The molecule has 0 atom stereocenters. The fourth-order valence-electron chi connectivity index (χ4n) is 3.53. The van der Waals surface area contributed by atoms with Crippen molar-refractivity contribution in [2.75, 3.05) is 5.32 Å². The van der Waals surface area contributed by atoms with E-state index >= 15 is 0 Å². The molecule has 2 aromatic heterocycles. The third-order valence-electron chi connectivity index (χ3n) is 5.21. The van der Waals surface area contributed by atoms with Crippen LogP contribution in [0.5, 0.6) is 0 Å². The summed E-state index contributed by atoms with van der Waals surface area (Å²) in [7, 11) is 0. The molecule has 31 heavy (non-hydrogen) atoms. The van der Waals surface area contributed by atoms with Gasteiger partial charge in [0, 0.05) is 5.56 Å². The Morgan fingerprint density at radius 2 is 1.68 bits per heavy atom. The standard InChI is InChI=1S/C24H20N6O/c1-15-11-13-17(14-12-15)30-16(2)22(28-29-30)24(31)27-19-8-4-3-7-18(19)23-25-20-9-5-6-10-21(20)26-23/h3-14H,1-2H3,(H,25,26)(H,27,31). The molecular weight excluding hydrogens is 388 g/mol. The van der Waals surface area contributed by atoms with Crippen LogP contribution in [0.25, 0.3) is 28.1 Å². The Balaban J connectivity index is 1.46. The number of aromatic amines is 1. The van der Waals surface area contributed by atoms with Crippen LogP contribution < -0.4 is 5.32 Å². The number of aryl methyl sites for hydroxylation is 1. The summed E-state index contributed by atoms with van der Waals surface area (Å²) in [6.45, 7) is 3.86. The van der Waals surface area contributed by atoms with Crippen LogP contribution in [0.4, 0.5) is 5.69 Å². The number of aromatic nitrogens is 5. The maximum Gasteiger partial charge on any atom is 0.278 e. The number of nitrogens with one attached hydrogen (secondary N) is 2. The number of rotatable bonds is 4. The first-order valence-corrected chi connectivity index (χ1v) is 9.95. The van der Waals surface area contributed by atoms with E-state index < -0.39 is 0 Å². The van der Waals surface area contributed by atoms with Crippen molar-refractivity contribution in [2.45, 2.75) is 13.8 Å². The number of carbonyl (C=O) groups excluding carboxylic acids is 1. The molecule has 7 nitrogen and oxygen atoms in total. The average Bonchev–Trinajstić information content (AvgIpc) is 3.38. The molecule has 0 aliphatic heterocycles. The Kier molecular flexibility index (Phi) is 4.55. The molecule has 0 aliphatic carbocycles. The summed E-state index contributed by atoms with van der Waals surface area (Å²) in [4.78, 5) is 21.0. The van der Waals surface area contributed by atoms with Crippen LogP contribution in [0.2, 0.25) is 0 Å². The van der Waals surface area contributed by atoms with Gasteiger partial charge >= 0.3 is 0 Å². The molecule has 0 unspecified atom stereocenters. The minimum atomic E-state index is -0.320. The molecule has 152 valence electrons. The van der Waals surface area contributed by atoms with Gasteiger partial charge in [0.15, 0.2) is 5.69 Å². The first-order valence-electron chi connectivity index (χ1n) is 9.95. The minimum absolute atomic E-state index is 0.278. The van der Waals surface area contributed by atoms with Crippen LogP contribution in [-0.2, 0) is 0 Å². The van der Waals surface area contributed by atoms with Gasteiger partial charge in [0.05, 0.1) is 28.1 Å². The first-order chi connectivity index (χ1) is 15.1. The van der Waals surface area contributed by atoms with Crippen molar-refractivity contribution in [1.82, 2.24) is 25.0 Å². The second-order valence-corrected chi connectivity index (χ2v) is 7.37. The fourth-order valence-corrected chi connectivity index (χ4v) is 3.53. The molecule has 0 bridgehead atoms. The van der Waals surface area contributed by atoms with Crippen molar-refractivity contribution in [3.63, 3.8) is 0 Å². The number of para-hydroxylation sites is 3. The van der Waals surface area contributed by atoms with Gasteiger partial charge in [-0.15, -0.1) is 5.10 Å². The van der Waals surface area contributed by atoms with Crippen molar-refractivity contribution < 1.29 is 4.79 Å². The lowest BCUT2D eigenvalue weighted by Gasteiger charge is -2.09. The maximum atomic E-state index is 13.0. The number of hydrogen-bond donors (Lipinski definition) is 2. The van der Waals surface area contributed by atoms with E-state index in [4.69, 9.17) is 0 Å². The summed E-state index contributed by atoms with van der Waals surface area (Å²) in [5.41, 5.74) is 6.22. The Hall–Kier alpha value is -4.26. The van der Waals surface area contributed by atoms with Crippen molar-refractivity contribution in [3.05, 3.63) is 89.7 Å². The lowest BCUT2D eigenvalue weighted by atomic mass is 10.1. The second-order valence-electron chi connectivity index (χ2n) is 7.37. The third-order valence-corrected chi connectivity index (χ3v) is 5.21. The number of anilines is 1. The van der Waals surface area contributed by atoms with Gasteiger partial charge in [-0.2, -0.15) is 0 Å². The van der Waals surface area contributed by atoms with Crippen LogP contribution in [0.1, 0.15) is 21.7 Å². The zero-order valence-electron chi connectivity index (χ0n) is 17.1. The van der Waals surface area contributed by atoms with Crippen molar-refractivity contribution >= 4 is 22.6 Å². The number of nitrogens with zero attached hydrogens (tertiary/aromatic N) is 4. The number of hydrogen-bond acceptors (Lipinski definition) is 4. The molecule has 5 rings (SSSR count). The molecule has 0 radical (unpaired) electrons. The molecule has 0 aliphatic rings. The average molecular weight is 408 g/mol. The molecule has 1 amide bonds. The highest BCUT2D eigenvalue weighted by Crippen LogP contribution is 2.28. The molecule has 7 heteroatoms. The van der Waals surface area contributed by atoms with Gasteiger partial charge in [-0.1, -0.05) is 47.2 Å². The van der Waals surface area contributed by atoms with E-state index in [0.717, 1.165) is 27.8 Å². The normalized spacial score (nSPS) is 11.0. The highest BCUT2D eigenvalue weighted by molar-refractivity contribution is 6.05. The van der Waals surface area contributed by atoms with E-state index in [9.17, 15) is 4.79 Å². The number of amides is 1. The fraction of sp³-hybridized carbons (Fsp3) is 0.0833. The summed E-state index contributed by atoms with van der Waals surface area (Å²) in [6, 6.07) is 23.3. The van der Waals surface area contributed by atoms with Crippen molar-refractivity contribution in [2.24, 2.45) is 0 Å². The Morgan fingerprint density at radius 3 is 2.48 bits per heavy atom. The zero-order valence-corrected chi connectivity index (χ0v) is 17.1. The number of fused-ring (bicyclic) bond motifs is 1. The predicted molar refractivity (Wildman–Crippen MR) is 120 cm³/mol. The number of H-pyrrole nitrogens is 1. The Bertz CT molecular complexity index is 1360. The Labute approximate surface area is 178 Å². The van der Waals surface area contributed by atoms with E-state index in [1.54, 1.807) is 4.68 Å². The van der Waals surface area contributed by atoms with Gasteiger partial charge in [0.2, 0.25) is 0 Å². The van der Waals surface area contributed by atoms with Crippen LogP contribution >= 0.6 is 0 Å². The number of benzene rings is 3. The van der Waals surface area contributed by atoms with E-state index in [2.05, 4.69) is 25.6 Å². The molecule has 3 aromatic carbocycles.